The van der Waals surface area contributed by atoms with Gasteiger partial charge in [0.1, 0.15) is 12.1 Å². The molecule has 2 aromatic rings. The number of nitrogens with zero attached hydrogens (tertiary/aromatic N) is 3. The van der Waals surface area contributed by atoms with Crippen LogP contribution in [0.25, 0.3) is 0 Å². The highest BCUT2D eigenvalue weighted by Crippen LogP contribution is 2.38. The molecular weight excluding hydrogens is 396 g/mol. The Bertz CT molecular complexity index is 933. The fourth-order valence-electron chi connectivity index (χ4n) is 3.33. The summed E-state index contributed by atoms with van der Waals surface area (Å²) in [7, 11) is 0. The summed E-state index contributed by atoms with van der Waals surface area (Å²) in [5.74, 6) is 3.34. The molecule has 3 N–H and O–H groups in total. The van der Waals surface area contributed by atoms with Crippen LogP contribution in [0.3, 0.4) is 0 Å². The van der Waals surface area contributed by atoms with E-state index in [0.717, 1.165) is 16.0 Å². The van der Waals surface area contributed by atoms with Crippen molar-refractivity contribution in [3.05, 3.63) is 71.3 Å². The maximum absolute atomic E-state index is 13.1. The molecule has 3 rings (SSSR count). The third kappa shape index (κ3) is 4.07. The highest BCUT2D eigenvalue weighted by Gasteiger charge is 2.55. The van der Waals surface area contributed by atoms with Crippen LogP contribution in [0.15, 0.2) is 59.7 Å². The van der Waals surface area contributed by atoms with Gasteiger partial charge in [-0.15, -0.1) is 12.4 Å². The SMILES string of the molecule is C[C@@]1(c2ccc(C=NN)cc2)C(=O)N(CC(=O)O)C(=O)N1Cc1ccccc1.Cl. The van der Waals surface area contributed by atoms with Crippen molar-refractivity contribution in [1.29, 1.82) is 0 Å². The lowest BCUT2D eigenvalue weighted by Crippen LogP contribution is -2.44. The molecule has 0 aromatic heterocycles. The van der Waals surface area contributed by atoms with Gasteiger partial charge in [-0.05, 0) is 23.6 Å². The lowest BCUT2D eigenvalue weighted by atomic mass is 9.89. The molecule has 152 valence electrons. The van der Waals surface area contributed by atoms with E-state index in [2.05, 4.69) is 5.10 Å². The van der Waals surface area contributed by atoms with Crippen LogP contribution in [0, 0.1) is 0 Å². The Morgan fingerprint density at radius 1 is 1.14 bits per heavy atom. The number of carbonyl (C=O) groups excluding carboxylic acids is 2. The second kappa shape index (κ2) is 8.74. The van der Waals surface area contributed by atoms with Crippen LogP contribution in [0.2, 0.25) is 0 Å². The Morgan fingerprint density at radius 2 is 1.76 bits per heavy atom. The summed E-state index contributed by atoms with van der Waals surface area (Å²) in [4.78, 5) is 39.4. The van der Waals surface area contributed by atoms with E-state index in [-0.39, 0.29) is 19.0 Å². The first-order valence-electron chi connectivity index (χ1n) is 8.61. The Balaban J connectivity index is 0.00000300. The summed E-state index contributed by atoms with van der Waals surface area (Å²) in [6, 6.07) is 15.5. The number of nitrogens with two attached hydrogens (primary N) is 1. The number of rotatable bonds is 6. The predicted molar refractivity (Wildman–Crippen MR) is 110 cm³/mol. The molecule has 2 aromatic carbocycles. The average Bonchev–Trinajstić information content (AvgIpc) is 2.86. The molecule has 8 nitrogen and oxygen atoms in total. The van der Waals surface area contributed by atoms with Crippen molar-refractivity contribution in [2.24, 2.45) is 10.9 Å². The first-order valence-corrected chi connectivity index (χ1v) is 8.61. The van der Waals surface area contributed by atoms with Gasteiger partial charge in [0, 0.05) is 6.54 Å². The molecule has 0 spiro atoms. The zero-order valence-electron chi connectivity index (χ0n) is 15.7. The van der Waals surface area contributed by atoms with Crippen molar-refractivity contribution in [2.75, 3.05) is 6.54 Å². The van der Waals surface area contributed by atoms with Crippen molar-refractivity contribution >= 4 is 36.5 Å². The fraction of sp³-hybridized carbons (Fsp3) is 0.200. The topological polar surface area (TPSA) is 116 Å². The van der Waals surface area contributed by atoms with Crippen LogP contribution in [0.4, 0.5) is 4.79 Å². The van der Waals surface area contributed by atoms with Crippen molar-refractivity contribution in [3.8, 4) is 0 Å². The molecule has 0 radical (unpaired) electrons. The van der Waals surface area contributed by atoms with Crippen LogP contribution in [-0.4, -0.2) is 45.6 Å². The Morgan fingerprint density at radius 3 is 2.31 bits per heavy atom. The maximum atomic E-state index is 13.1. The predicted octanol–water partition coefficient (Wildman–Crippen LogP) is 2.17. The van der Waals surface area contributed by atoms with E-state index in [1.165, 1.54) is 11.1 Å². The standard InChI is InChI=1S/C20H20N4O4.ClH/c1-20(16-9-7-14(8-10-16)11-22-21)18(27)23(13-17(25)26)19(28)24(20)12-15-5-3-2-4-6-15;/h2-11H,12-13,21H2,1H3,(H,25,26);1H/t20-;/m1./s1. The van der Waals surface area contributed by atoms with Crippen LogP contribution in [0.1, 0.15) is 23.6 Å². The molecule has 0 unspecified atom stereocenters. The average molecular weight is 417 g/mol. The summed E-state index contributed by atoms with van der Waals surface area (Å²) in [5.41, 5.74) is 0.812. The summed E-state index contributed by atoms with van der Waals surface area (Å²) >= 11 is 0. The molecule has 29 heavy (non-hydrogen) atoms. The Kier molecular flexibility index (Phi) is 6.60. The minimum Gasteiger partial charge on any atom is -0.480 e. The van der Waals surface area contributed by atoms with E-state index in [4.69, 9.17) is 10.9 Å². The maximum Gasteiger partial charge on any atom is 0.328 e. The van der Waals surface area contributed by atoms with Crippen molar-refractivity contribution in [3.63, 3.8) is 0 Å². The number of benzene rings is 2. The third-order valence-electron chi connectivity index (χ3n) is 4.84. The molecule has 1 atom stereocenters. The molecule has 0 aliphatic carbocycles. The number of halogens is 1. The molecule has 1 saturated heterocycles. The first kappa shape index (κ1) is 21.9. The summed E-state index contributed by atoms with van der Waals surface area (Å²) in [5, 5.41) is 12.6. The number of aliphatic carboxylic acids is 1. The number of hydrogen-bond donors (Lipinski definition) is 2. The highest BCUT2D eigenvalue weighted by atomic mass is 35.5. The highest BCUT2D eigenvalue weighted by molar-refractivity contribution is 6.08. The van der Waals surface area contributed by atoms with E-state index in [9.17, 15) is 14.4 Å². The minimum atomic E-state index is -1.33. The van der Waals surface area contributed by atoms with Crippen LogP contribution < -0.4 is 5.84 Å². The van der Waals surface area contributed by atoms with Crippen LogP contribution >= 0.6 is 12.4 Å². The van der Waals surface area contributed by atoms with Gasteiger partial charge in [0.15, 0.2) is 0 Å². The van der Waals surface area contributed by atoms with Gasteiger partial charge >= 0.3 is 12.0 Å². The van der Waals surface area contributed by atoms with E-state index < -0.39 is 30.0 Å². The van der Waals surface area contributed by atoms with Gasteiger partial charge < -0.3 is 15.8 Å². The van der Waals surface area contributed by atoms with Crippen LogP contribution in [0.5, 0.6) is 0 Å². The van der Waals surface area contributed by atoms with Crippen molar-refractivity contribution in [2.45, 2.75) is 19.0 Å². The van der Waals surface area contributed by atoms with Gasteiger partial charge in [0.2, 0.25) is 0 Å². The van der Waals surface area contributed by atoms with Gasteiger partial charge in [-0.1, -0.05) is 54.6 Å². The zero-order chi connectivity index (χ0) is 20.3. The van der Waals surface area contributed by atoms with E-state index >= 15 is 0 Å². The number of carboxylic acid groups (broad SMARTS) is 1. The molecule has 3 amide bonds. The number of urea groups is 1. The van der Waals surface area contributed by atoms with E-state index in [1.54, 1.807) is 31.2 Å². The summed E-state index contributed by atoms with van der Waals surface area (Å²) < 4.78 is 0. The van der Waals surface area contributed by atoms with E-state index in [1.807, 2.05) is 30.3 Å². The molecule has 0 saturated carbocycles. The summed E-state index contributed by atoms with van der Waals surface area (Å²) in [6.07, 6.45) is 1.46. The van der Waals surface area contributed by atoms with Gasteiger partial charge in [-0.25, -0.2) is 4.79 Å². The molecule has 1 heterocycles. The van der Waals surface area contributed by atoms with E-state index in [0.29, 0.717) is 5.56 Å². The lowest BCUT2D eigenvalue weighted by molar-refractivity contribution is -0.143. The number of hydrazone groups is 1. The van der Waals surface area contributed by atoms with Crippen LogP contribution in [-0.2, 0) is 21.7 Å². The molecule has 0 bridgehead atoms. The number of hydrogen-bond acceptors (Lipinski definition) is 5. The molecule has 9 heteroatoms. The fourth-order valence-corrected chi connectivity index (χ4v) is 3.33. The zero-order valence-corrected chi connectivity index (χ0v) is 16.5. The minimum absolute atomic E-state index is 0. The molecular formula is C20H21ClN4O4. The van der Waals surface area contributed by atoms with Gasteiger partial charge in [0.05, 0.1) is 6.21 Å². The largest absolute Gasteiger partial charge is 0.480 e. The van der Waals surface area contributed by atoms with Gasteiger partial charge in [-0.3, -0.25) is 14.5 Å². The van der Waals surface area contributed by atoms with Gasteiger partial charge in [0.25, 0.3) is 5.91 Å². The second-order valence-corrected chi connectivity index (χ2v) is 6.61. The number of imide groups is 1. The summed E-state index contributed by atoms with van der Waals surface area (Å²) in [6.45, 7) is 1.12. The number of carboxylic acids is 1. The Hall–Kier alpha value is -3.39. The van der Waals surface area contributed by atoms with Gasteiger partial charge in [-0.2, -0.15) is 5.10 Å². The Labute approximate surface area is 174 Å². The lowest BCUT2D eigenvalue weighted by Gasteiger charge is -2.32. The molecule has 1 aliphatic rings. The second-order valence-electron chi connectivity index (χ2n) is 6.61. The smallest absolute Gasteiger partial charge is 0.328 e. The monoisotopic (exact) mass is 416 g/mol. The number of carbonyl (C=O) groups is 3. The molecule has 1 fully saturated rings. The third-order valence-corrected chi connectivity index (χ3v) is 4.84. The quantitative estimate of drug-likeness (QED) is 0.324. The van der Waals surface area contributed by atoms with Crippen molar-refractivity contribution < 1.29 is 19.5 Å². The van der Waals surface area contributed by atoms with Crippen molar-refractivity contribution in [1.82, 2.24) is 9.80 Å². The molecule has 1 aliphatic heterocycles. The first-order chi connectivity index (χ1) is 13.4. The normalized spacial score (nSPS) is 18.9. The number of amides is 3.